The Balaban J connectivity index is 1.39. The maximum atomic E-state index is 13.8. The lowest BCUT2D eigenvalue weighted by atomic mass is 9.87. The molecule has 0 saturated carbocycles. The van der Waals surface area contributed by atoms with E-state index in [0.717, 1.165) is 17.0 Å². The number of carbonyl (C=O) groups excluding carboxylic acids is 3. The number of esters is 1. The number of imide groups is 1. The van der Waals surface area contributed by atoms with Gasteiger partial charge in [0.25, 0.3) is 11.5 Å². The lowest BCUT2D eigenvalue weighted by molar-refractivity contribution is -0.385. The van der Waals surface area contributed by atoms with E-state index in [0.29, 0.717) is 24.8 Å². The van der Waals surface area contributed by atoms with Gasteiger partial charge in [-0.2, -0.15) is 26.3 Å². The molecule has 8 nitrogen and oxygen atoms in total. The zero-order valence-electron chi connectivity index (χ0n) is 26.1. The second-order valence-corrected chi connectivity index (χ2v) is 12.4. The molecule has 2 aliphatic rings. The number of benzene rings is 2. The summed E-state index contributed by atoms with van der Waals surface area (Å²) in [6, 6.07) is 7.41. The Kier molecular flexibility index (Phi) is 9.46. The number of unbranched alkanes of at least 4 members (excludes halogenated alkanes) is 1. The number of ether oxygens (including phenoxy) is 3. The normalized spacial score (nSPS) is 19.7. The molecule has 1 unspecified atom stereocenters. The van der Waals surface area contributed by atoms with Crippen LogP contribution in [0.1, 0.15) is 86.5 Å². The summed E-state index contributed by atoms with van der Waals surface area (Å²) in [5.41, 5.74) is -6.66. The number of nitrogens with one attached hydrogen (secondary N) is 1. The summed E-state index contributed by atoms with van der Waals surface area (Å²) in [7, 11) is 0. The van der Waals surface area contributed by atoms with E-state index in [-0.39, 0.29) is 42.0 Å². The summed E-state index contributed by atoms with van der Waals surface area (Å²) in [5.74, 6) is -0.868. The van der Waals surface area contributed by atoms with Crippen LogP contribution in [0.4, 0.5) is 31.1 Å². The van der Waals surface area contributed by atoms with Gasteiger partial charge in [-0.25, -0.2) is 9.59 Å². The minimum atomic E-state index is -5.72. The molecule has 46 heavy (non-hydrogen) atoms. The van der Waals surface area contributed by atoms with Gasteiger partial charge < -0.3 is 19.5 Å². The van der Waals surface area contributed by atoms with Gasteiger partial charge in [-0.1, -0.05) is 31.5 Å². The van der Waals surface area contributed by atoms with Gasteiger partial charge in [0.05, 0.1) is 18.8 Å². The molecule has 2 aromatic rings. The van der Waals surface area contributed by atoms with Gasteiger partial charge in [0, 0.05) is 17.7 Å². The maximum absolute atomic E-state index is 13.8. The lowest BCUT2D eigenvalue weighted by Gasteiger charge is -2.33. The molecule has 0 spiro atoms. The summed E-state index contributed by atoms with van der Waals surface area (Å²) in [4.78, 5) is 39.4. The van der Waals surface area contributed by atoms with E-state index in [9.17, 15) is 40.7 Å². The quantitative estimate of drug-likeness (QED) is 0.127. The Morgan fingerprint density at radius 2 is 1.61 bits per heavy atom. The van der Waals surface area contributed by atoms with Gasteiger partial charge in [0.1, 0.15) is 16.9 Å². The molecular weight excluding hydrogens is 622 g/mol. The smallest absolute Gasteiger partial charge is 0.430 e. The second-order valence-electron chi connectivity index (χ2n) is 12.4. The minimum Gasteiger partial charge on any atom is -0.493 e. The van der Waals surface area contributed by atoms with Crippen molar-refractivity contribution in [1.29, 1.82) is 0 Å². The number of rotatable bonds is 10. The topological polar surface area (TPSA) is 94.2 Å². The molecule has 4 rings (SSSR count). The maximum Gasteiger partial charge on any atom is 0.430 e. The molecule has 1 saturated heterocycles. The molecule has 3 amide bonds. The average Bonchev–Trinajstić information content (AvgIpc) is 3.45. The molecule has 2 heterocycles. The highest BCUT2D eigenvalue weighted by Crippen LogP contribution is 2.58. The van der Waals surface area contributed by atoms with Crippen molar-refractivity contribution in [2.24, 2.45) is 0 Å². The van der Waals surface area contributed by atoms with Crippen molar-refractivity contribution in [2.45, 2.75) is 96.0 Å². The first-order valence-electron chi connectivity index (χ1n) is 14.8. The van der Waals surface area contributed by atoms with Crippen LogP contribution in [0.15, 0.2) is 36.4 Å². The highest BCUT2D eigenvalue weighted by molar-refractivity contribution is 6.07. The van der Waals surface area contributed by atoms with Crippen molar-refractivity contribution >= 4 is 17.9 Å². The largest absolute Gasteiger partial charge is 0.493 e. The highest BCUT2D eigenvalue weighted by atomic mass is 19.4. The van der Waals surface area contributed by atoms with Crippen LogP contribution in [0.5, 0.6) is 5.75 Å². The zero-order valence-corrected chi connectivity index (χ0v) is 26.1. The Hall–Kier alpha value is -3.81. The predicted molar refractivity (Wildman–Crippen MR) is 153 cm³/mol. The van der Waals surface area contributed by atoms with Crippen molar-refractivity contribution in [3.63, 3.8) is 0 Å². The van der Waals surface area contributed by atoms with Crippen LogP contribution in [0.3, 0.4) is 0 Å². The SMILES string of the molecule is CCCc1c(OCCCCN2C(=O)NC(C)(c3ccc(C(=O)OC(C)(C)C)cc3)C2=O)ccc2c1COC2(C(F)(F)F)C(F)(F)F. The minimum absolute atomic E-state index is 0.0348. The van der Waals surface area contributed by atoms with E-state index in [2.05, 4.69) is 10.1 Å². The van der Waals surface area contributed by atoms with Gasteiger partial charge in [-0.05, 0) is 76.3 Å². The number of carbonyl (C=O) groups is 3. The van der Waals surface area contributed by atoms with Crippen LogP contribution in [0.2, 0.25) is 0 Å². The molecule has 0 aliphatic carbocycles. The van der Waals surface area contributed by atoms with Crippen LogP contribution in [0.25, 0.3) is 0 Å². The number of halogens is 6. The Labute approximate surface area is 262 Å². The number of fused-ring (bicyclic) bond motifs is 1. The van der Waals surface area contributed by atoms with Crippen LogP contribution >= 0.6 is 0 Å². The third-order valence-electron chi connectivity index (χ3n) is 7.90. The fourth-order valence-electron chi connectivity index (χ4n) is 5.64. The van der Waals surface area contributed by atoms with Crippen LogP contribution in [-0.2, 0) is 38.4 Å². The molecule has 1 atom stereocenters. The van der Waals surface area contributed by atoms with E-state index in [1.165, 1.54) is 12.1 Å². The monoisotopic (exact) mass is 658 g/mol. The summed E-state index contributed by atoms with van der Waals surface area (Å²) < 4.78 is 98.2. The van der Waals surface area contributed by atoms with Gasteiger partial charge in [0.2, 0.25) is 0 Å². The van der Waals surface area contributed by atoms with E-state index in [1.807, 2.05) is 0 Å². The molecule has 0 aromatic heterocycles. The van der Waals surface area contributed by atoms with E-state index < -0.39 is 59.2 Å². The third kappa shape index (κ3) is 6.40. The molecule has 252 valence electrons. The first-order chi connectivity index (χ1) is 21.3. The van der Waals surface area contributed by atoms with Gasteiger partial charge in [0.15, 0.2) is 0 Å². The number of nitrogens with zero attached hydrogens (tertiary/aromatic N) is 1. The molecule has 0 bridgehead atoms. The molecule has 1 fully saturated rings. The number of amides is 3. The fraction of sp³-hybridized carbons (Fsp3) is 0.531. The number of hydrogen-bond acceptors (Lipinski definition) is 6. The van der Waals surface area contributed by atoms with E-state index in [4.69, 9.17) is 9.47 Å². The number of urea groups is 1. The molecular formula is C32H36F6N2O6. The summed E-state index contributed by atoms with van der Waals surface area (Å²) in [6.07, 6.45) is -10.2. The summed E-state index contributed by atoms with van der Waals surface area (Å²) >= 11 is 0. The van der Waals surface area contributed by atoms with E-state index in [1.54, 1.807) is 46.8 Å². The average molecular weight is 659 g/mol. The number of hydrogen-bond donors (Lipinski definition) is 1. The zero-order chi connectivity index (χ0) is 34.3. The predicted octanol–water partition coefficient (Wildman–Crippen LogP) is 7.07. The Morgan fingerprint density at radius 3 is 2.17 bits per heavy atom. The standard InChI is InChI=1S/C32H36F6N2O6/c1-6-9-21-22-18-45-30(31(33,34)35,32(36,37)38)23(22)14-15-24(21)44-17-8-7-16-40-26(42)29(5,39-27(40)43)20-12-10-19(11-13-20)25(41)46-28(2,3)4/h10-15H,6-9,16-18H2,1-5H3,(H,39,43). The Morgan fingerprint density at radius 1 is 0.978 bits per heavy atom. The first kappa shape index (κ1) is 35.1. The highest BCUT2D eigenvalue weighted by Gasteiger charge is 2.75. The molecule has 14 heteroatoms. The van der Waals surface area contributed by atoms with Gasteiger partial charge in [-0.15, -0.1) is 0 Å². The molecule has 1 N–H and O–H groups in total. The van der Waals surface area contributed by atoms with Gasteiger partial charge >= 0.3 is 24.4 Å². The van der Waals surface area contributed by atoms with Crippen molar-refractivity contribution in [1.82, 2.24) is 10.2 Å². The molecule has 2 aromatic carbocycles. The Bertz CT molecular complexity index is 1470. The second kappa shape index (κ2) is 12.4. The van der Waals surface area contributed by atoms with Crippen molar-refractivity contribution in [2.75, 3.05) is 13.2 Å². The molecule has 2 aliphatic heterocycles. The van der Waals surface area contributed by atoms with Crippen LogP contribution < -0.4 is 10.1 Å². The van der Waals surface area contributed by atoms with E-state index >= 15 is 0 Å². The van der Waals surface area contributed by atoms with Crippen LogP contribution in [-0.4, -0.2) is 53.9 Å². The summed E-state index contributed by atoms with van der Waals surface area (Å²) in [5, 5.41) is 2.69. The van der Waals surface area contributed by atoms with Crippen molar-refractivity contribution < 1.29 is 54.9 Å². The van der Waals surface area contributed by atoms with Crippen molar-refractivity contribution in [3.05, 3.63) is 64.2 Å². The summed E-state index contributed by atoms with van der Waals surface area (Å²) in [6.45, 7) is 7.72. The molecule has 0 radical (unpaired) electrons. The lowest BCUT2D eigenvalue weighted by Crippen LogP contribution is -2.53. The fourth-order valence-corrected chi connectivity index (χ4v) is 5.64. The first-order valence-corrected chi connectivity index (χ1v) is 14.8. The number of alkyl halides is 6. The van der Waals surface area contributed by atoms with Gasteiger partial charge in [-0.3, -0.25) is 9.69 Å². The van der Waals surface area contributed by atoms with Crippen LogP contribution in [0, 0.1) is 0 Å². The third-order valence-corrected chi connectivity index (χ3v) is 7.90. The van der Waals surface area contributed by atoms with Crippen molar-refractivity contribution in [3.8, 4) is 5.75 Å².